The van der Waals surface area contributed by atoms with Crippen LogP contribution in [0, 0.1) is 5.41 Å². The van der Waals surface area contributed by atoms with Crippen molar-refractivity contribution >= 4 is 12.1 Å². The minimum Gasteiger partial charge on any atom is -0.481 e. The van der Waals surface area contributed by atoms with Crippen LogP contribution in [0.4, 0.5) is 4.79 Å². The summed E-state index contributed by atoms with van der Waals surface area (Å²) in [6, 6.07) is 0. The number of amides is 1. The van der Waals surface area contributed by atoms with E-state index in [0.717, 1.165) is 5.56 Å². The molecule has 2 N–H and O–H groups in total. The van der Waals surface area contributed by atoms with Crippen LogP contribution in [0.15, 0.2) is 12.4 Å². The van der Waals surface area contributed by atoms with Crippen molar-refractivity contribution in [3.63, 3.8) is 0 Å². The van der Waals surface area contributed by atoms with Gasteiger partial charge in [-0.15, -0.1) is 0 Å². The molecule has 0 bridgehead atoms. The van der Waals surface area contributed by atoms with E-state index >= 15 is 0 Å². The molecule has 0 aromatic carbocycles. The van der Waals surface area contributed by atoms with Crippen molar-refractivity contribution < 1.29 is 24.2 Å². The van der Waals surface area contributed by atoms with E-state index in [-0.39, 0.29) is 5.92 Å². The molecule has 2 unspecified atom stereocenters. The van der Waals surface area contributed by atoms with Gasteiger partial charge in [-0.2, -0.15) is 5.10 Å². The van der Waals surface area contributed by atoms with Gasteiger partial charge in [0.15, 0.2) is 0 Å². The monoisotopic (exact) mass is 367 g/mol. The summed E-state index contributed by atoms with van der Waals surface area (Å²) in [5.74, 6) is -0.670. The molecule has 0 aliphatic heterocycles. The Morgan fingerprint density at radius 1 is 1.42 bits per heavy atom. The lowest BCUT2D eigenvalue weighted by Crippen LogP contribution is -2.34. The molecule has 0 radical (unpaired) electrons. The van der Waals surface area contributed by atoms with Gasteiger partial charge in [0.25, 0.3) is 0 Å². The number of ether oxygens (including phenoxy) is 2. The summed E-state index contributed by atoms with van der Waals surface area (Å²) in [5, 5.41) is 16.3. The fourth-order valence-corrected chi connectivity index (χ4v) is 3.00. The van der Waals surface area contributed by atoms with Gasteiger partial charge in [0.2, 0.25) is 0 Å². The van der Waals surface area contributed by atoms with E-state index in [4.69, 9.17) is 9.47 Å². The van der Waals surface area contributed by atoms with Gasteiger partial charge in [-0.1, -0.05) is 6.92 Å². The lowest BCUT2D eigenvalue weighted by Gasteiger charge is -2.19. The molecule has 1 fully saturated rings. The third kappa shape index (κ3) is 5.20. The zero-order valence-electron chi connectivity index (χ0n) is 15.9. The predicted molar refractivity (Wildman–Crippen MR) is 95.0 cm³/mol. The fraction of sp³-hybridized carbons (Fsp3) is 0.722. The van der Waals surface area contributed by atoms with Crippen LogP contribution in [-0.2, 0) is 20.8 Å². The molecule has 1 amide bonds. The van der Waals surface area contributed by atoms with Crippen LogP contribution >= 0.6 is 0 Å². The van der Waals surface area contributed by atoms with Gasteiger partial charge in [0.05, 0.1) is 31.4 Å². The zero-order chi connectivity index (χ0) is 19.4. The lowest BCUT2D eigenvalue weighted by atomic mass is 9.98. The van der Waals surface area contributed by atoms with E-state index in [1.165, 1.54) is 0 Å². The number of nitrogens with one attached hydrogen (secondary N) is 1. The Kier molecular flexibility index (Phi) is 6.28. The highest BCUT2D eigenvalue weighted by Gasteiger charge is 2.59. The van der Waals surface area contributed by atoms with Gasteiger partial charge < -0.3 is 19.9 Å². The van der Waals surface area contributed by atoms with Crippen molar-refractivity contribution in [2.75, 3.05) is 19.8 Å². The first-order valence-corrected chi connectivity index (χ1v) is 8.98. The number of aliphatic carboxylic acids is 1. The second-order valence-electron chi connectivity index (χ2n) is 7.65. The second-order valence-corrected chi connectivity index (χ2v) is 7.65. The van der Waals surface area contributed by atoms with Crippen molar-refractivity contribution in [2.24, 2.45) is 5.41 Å². The average molecular weight is 367 g/mol. The van der Waals surface area contributed by atoms with Crippen LogP contribution in [0.25, 0.3) is 0 Å². The fourth-order valence-electron chi connectivity index (χ4n) is 3.00. The molecular formula is C18H29N3O5. The number of carbonyl (C=O) groups excluding carboxylic acids is 1. The van der Waals surface area contributed by atoms with Crippen LogP contribution in [0.5, 0.6) is 0 Å². The summed E-state index contributed by atoms with van der Waals surface area (Å²) in [5.41, 5.74) is -0.154. The summed E-state index contributed by atoms with van der Waals surface area (Å²) in [7, 11) is 0. The van der Waals surface area contributed by atoms with E-state index in [1.54, 1.807) is 10.9 Å². The molecular weight excluding hydrogens is 338 g/mol. The van der Waals surface area contributed by atoms with E-state index in [0.29, 0.717) is 39.1 Å². The zero-order valence-corrected chi connectivity index (χ0v) is 15.9. The van der Waals surface area contributed by atoms with E-state index in [1.807, 2.05) is 33.9 Å². The standard InChI is InChI=1S/C18H29N3O5/c1-5-18(15(22)23)10-14(18)13-11-20-21(12-13)7-9-25-8-6-19-16(24)26-17(2,3)4/h11-12,14H,5-10H2,1-4H3,(H,19,24)(H,22,23). The molecule has 26 heavy (non-hydrogen) atoms. The second kappa shape index (κ2) is 8.07. The van der Waals surface area contributed by atoms with Crippen LogP contribution in [-0.4, -0.2) is 52.3 Å². The lowest BCUT2D eigenvalue weighted by molar-refractivity contribution is -0.143. The number of alkyl carbamates (subject to hydrolysis) is 1. The Morgan fingerprint density at radius 2 is 2.15 bits per heavy atom. The van der Waals surface area contributed by atoms with Gasteiger partial charge in [0.1, 0.15) is 5.60 Å². The molecule has 1 aliphatic rings. The number of nitrogens with zero attached hydrogens (tertiary/aromatic N) is 2. The quantitative estimate of drug-likeness (QED) is 0.650. The summed E-state index contributed by atoms with van der Waals surface area (Å²) < 4.78 is 12.4. The number of carboxylic acid groups (broad SMARTS) is 1. The molecule has 2 rings (SSSR count). The van der Waals surface area contributed by atoms with Gasteiger partial charge in [-0.25, -0.2) is 4.79 Å². The Bertz CT molecular complexity index is 637. The van der Waals surface area contributed by atoms with Crippen molar-refractivity contribution in [2.45, 2.75) is 58.6 Å². The van der Waals surface area contributed by atoms with Crippen LogP contribution in [0.1, 0.15) is 52.0 Å². The molecule has 146 valence electrons. The average Bonchev–Trinajstić information content (AvgIpc) is 3.12. The topological polar surface area (TPSA) is 103 Å². The number of carboxylic acids is 1. The molecule has 2 atom stereocenters. The minimum atomic E-state index is -0.724. The number of aromatic nitrogens is 2. The van der Waals surface area contributed by atoms with E-state index < -0.39 is 23.1 Å². The van der Waals surface area contributed by atoms with Crippen molar-refractivity contribution in [1.29, 1.82) is 0 Å². The van der Waals surface area contributed by atoms with Crippen LogP contribution < -0.4 is 5.32 Å². The summed E-state index contributed by atoms with van der Waals surface area (Å²) in [6.45, 7) is 9.13. The molecule has 1 aromatic heterocycles. The first kappa shape index (κ1) is 20.2. The van der Waals surface area contributed by atoms with Gasteiger partial charge in [0, 0.05) is 18.7 Å². The smallest absolute Gasteiger partial charge is 0.407 e. The highest BCUT2D eigenvalue weighted by Crippen LogP contribution is 2.61. The minimum absolute atomic E-state index is 0.0534. The van der Waals surface area contributed by atoms with E-state index in [2.05, 4.69) is 10.4 Å². The summed E-state index contributed by atoms with van der Waals surface area (Å²) in [6.07, 6.45) is 4.49. The summed E-state index contributed by atoms with van der Waals surface area (Å²) >= 11 is 0. The normalized spacial score (nSPS) is 22.1. The third-order valence-electron chi connectivity index (χ3n) is 4.57. The van der Waals surface area contributed by atoms with Crippen LogP contribution in [0.2, 0.25) is 0 Å². The van der Waals surface area contributed by atoms with Gasteiger partial charge in [-0.05, 0) is 39.2 Å². The largest absolute Gasteiger partial charge is 0.481 e. The number of rotatable bonds is 9. The number of hydrogen-bond donors (Lipinski definition) is 2. The molecule has 8 nitrogen and oxygen atoms in total. The Morgan fingerprint density at radius 3 is 2.73 bits per heavy atom. The molecule has 1 aliphatic carbocycles. The molecule has 0 saturated heterocycles. The maximum atomic E-state index is 11.5. The van der Waals surface area contributed by atoms with Crippen molar-refractivity contribution in [3.8, 4) is 0 Å². The van der Waals surface area contributed by atoms with E-state index in [9.17, 15) is 14.7 Å². The maximum Gasteiger partial charge on any atom is 0.407 e. The van der Waals surface area contributed by atoms with Gasteiger partial charge >= 0.3 is 12.1 Å². The Hall–Kier alpha value is -2.09. The first-order valence-electron chi connectivity index (χ1n) is 8.98. The van der Waals surface area contributed by atoms with Gasteiger partial charge in [-0.3, -0.25) is 9.48 Å². The third-order valence-corrected chi connectivity index (χ3v) is 4.57. The number of hydrogen-bond acceptors (Lipinski definition) is 5. The van der Waals surface area contributed by atoms with Crippen molar-refractivity contribution in [3.05, 3.63) is 18.0 Å². The SMILES string of the molecule is CCC1(C(=O)O)CC1c1cnn(CCOCCNC(=O)OC(C)(C)C)c1. The predicted octanol–water partition coefficient (Wildman–Crippen LogP) is 2.39. The molecule has 1 heterocycles. The van der Waals surface area contributed by atoms with Crippen molar-refractivity contribution in [1.82, 2.24) is 15.1 Å². The molecule has 1 aromatic rings. The Balaban J connectivity index is 1.64. The first-order chi connectivity index (χ1) is 12.2. The highest BCUT2D eigenvalue weighted by molar-refractivity contribution is 5.80. The van der Waals surface area contributed by atoms with Crippen LogP contribution in [0.3, 0.4) is 0 Å². The number of carbonyl (C=O) groups is 2. The molecule has 8 heteroatoms. The molecule has 0 spiro atoms. The maximum absolute atomic E-state index is 11.5. The highest BCUT2D eigenvalue weighted by atomic mass is 16.6. The molecule has 1 saturated carbocycles. The Labute approximate surface area is 153 Å². The summed E-state index contributed by atoms with van der Waals surface area (Å²) in [4.78, 5) is 22.9.